The second-order valence-electron chi connectivity index (χ2n) is 5.21. The summed E-state index contributed by atoms with van der Waals surface area (Å²) in [5.74, 6) is 0. The largest absolute Gasteiger partial charge is 0.383 e. The third-order valence-electron chi connectivity index (χ3n) is 3.85. The van der Waals surface area contributed by atoms with Crippen LogP contribution in [-0.4, -0.2) is 26.3 Å². The topological polar surface area (TPSA) is 36.3 Å². The van der Waals surface area contributed by atoms with Gasteiger partial charge in [0.15, 0.2) is 0 Å². The van der Waals surface area contributed by atoms with E-state index in [4.69, 9.17) is 4.74 Å². The molecule has 1 fully saturated rings. The molecule has 3 rings (SSSR count). The molecule has 0 N–H and O–H groups in total. The van der Waals surface area contributed by atoms with Gasteiger partial charge < -0.3 is 9.64 Å². The Labute approximate surface area is 119 Å². The number of hydrogen-bond donors (Lipinski definition) is 0. The maximum atomic E-state index is 9.24. The zero-order valence-corrected chi connectivity index (χ0v) is 11.7. The zero-order chi connectivity index (χ0) is 13.9. The molecule has 3 nitrogen and oxygen atoms in total. The van der Waals surface area contributed by atoms with Gasteiger partial charge in [0.1, 0.15) is 0 Å². The minimum absolute atomic E-state index is 0.626. The van der Waals surface area contributed by atoms with Crippen LogP contribution in [0.15, 0.2) is 36.4 Å². The summed E-state index contributed by atoms with van der Waals surface area (Å²) < 4.78 is 5.23. The standard InChI is InChI=1S/C17H18N2O/c1-20-11-10-19(14-7-8-14)17-9-6-13(12-18)15-4-2-3-5-16(15)17/h2-6,9,14H,7-8,10-11H2,1H3. The Bertz CT molecular complexity index is 656. The fourth-order valence-corrected chi connectivity index (χ4v) is 2.71. The van der Waals surface area contributed by atoms with Gasteiger partial charge in [0.25, 0.3) is 0 Å². The molecule has 102 valence electrons. The number of anilines is 1. The van der Waals surface area contributed by atoms with E-state index in [1.165, 1.54) is 18.5 Å². The second-order valence-corrected chi connectivity index (χ2v) is 5.21. The van der Waals surface area contributed by atoms with E-state index in [9.17, 15) is 5.26 Å². The summed E-state index contributed by atoms with van der Waals surface area (Å²) >= 11 is 0. The first kappa shape index (κ1) is 13.0. The molecule has 2 aromatic rings. The molecular weight excluding hydrogens is 248 g/mol. The summed E-state index contributed by atoms with van der Waals surface area (Å²) in [5, 5.41) is 11.4. The maximum absolute atomic E-state index is 9.24. The zero-order valence-electron chi connectivity index (χ0n) is 11.7. The third-order valence-corrected chi connectivity index (χ3v) is 3.85. The molecule has 0 spiro atoms. The minimum Gasteiger partial charge on any atom is -0.383 e. The number of rotatable bonds is 5. The summed E-state index contributed by atoms with van der Waals surface area (Å²) in [7, 11) is 1.74. The van der Waals surface area contributed by atoms with Gasteiger partial charge in [0, 0.05) is 36.2 Å². The molecule has 1 saturated carbocycles. The van der Waals surface area contributed by atoms with Crippen LogP contribution in [0.5, 0.6) is 0 Å². The highest BCUT2D eigenvalue weighted by Crippen LogP contribution is 2.36. The molecule has 0 bridgehead atoms. The van der Waals surface area contributed by atoms with Gasteiger partial charge in [-0.1, -0.05) is 24.3 Å². The first-order valence-corrected chi connectivity index (χ1v) is 7.02. The molecule has 1 aliphatic rings. The van der Waals surface area contributed by atoms with Gasteiger partial charge >= 0.3 is 0 Å². The van der Waals surface area contributed by atoms with Crippen molar-refractivity contribution in [1.82, 2.24) is 0 Å². The van der Waals surface area contributed by atoms with E-state index in [2.05, 4.69) is 23.1 Å². The molecule has 20 heavy (non-hydrogen) atoms. The lowest BCUT2D eigenvalue weighted by atomic mass is 10.0. The molecule has 0 aliphatic heterocycles. The number of ether oxygens (including phenoxy) is 1. The lowest BCUT2D eigenvalue weighted by Gasteiger charge is -2.26. The van der Waals surface area contributed by atoms with Gasteiger partial charge in [-0.15, -0.1) is 0 Å². The van der Waals surface area contributed by atoms with E-state index >= 15 is 0 Å². The predicted octanol–water partition coefficient (Wildman–Crippen LogP) is 3.33. The minimum atomic E-state index is 0.626. The molecule has 0 unspecified atom stereocenters. The van der Waals surface area contributed by atoms with Gasteiger partial charge in [-0.25, -0.2) is 0 Å². The molecular formula is C17H18N2O. The third kappa shape index (κ3) is 2.35. The molecule has 2 aromatic carbocycles. The molecule has 0 saturated heterocycles. The molecule has 0 radical (unpaired) electrons. The van der Waals surface area contributed by atoms with Crippen LogP contribution < -0.4 is 4.90 Å². The molecule has 1 aliphatic carbocycles. The van der Waals surface area contributed by atoms with Gasteiger partial charge in [-0.2, -0.15) is 5.26 Å². The normalized spacial score (nSPS) is 14.2. The number of methoxy groups -OCH3 is 1. The van der Waals surface area contributed by atoms with Crippen molar-refractivity contribution < 1.29 is 4.74 Å². The van der Waals surface area contributed by atoms with Crippen LogP contribution >= 0.6 is 0 Å². The first-order valence-electron chi connectivity index (χ1n) is 7.02. The van der Waals surface area contributed by atoms with Crippen LogP contribution in [0.25, 0.3) is 10.8 Å². The monoisotopic (exact) mass is 266 g/mol. The fraction of sp³-hybridized carbons (Fsp3) is 0.353. The summed E-state index contributed by atoms with van der Waals surface area (Å²) in [6.45, 7) is 1.63. The Morgan fingerprint density at radius 3 is 2.60 bits per heavy atom. The number of fused-ring (bicyclic) bond motifs is 1. The summed E-state index contributed by atoms with van der Waals surface area (Å²) in [5.41, 5.74) is 1.96. The fourth-order valence-electron chi connectivity index (χ4n) is 2.71. The van der Waals surface area contributed by atoms with E-state index in [-0.39, 0.29) is 0 Å². The van der Waals surface area contributed by atoms with Gasteiger partial charge in [-0.05, 0) is 25.0 Å². The molecule has 0 heterocycles. The predicted molar refractivity (Wildman–Crippen MR) is 80.9 cm³/mol. The van der Waals surface area contributed by atoms with Crippen LogP contribution in [-0.2, 0) is 4.74 Å². The van der Waals surface area contributed by atoms with Gasteiger partial charge in [0.05, 0.1) is 18.2 Å². The highest BCUT2D eigenvalue weighted by molar-refractivity contribution is 5.98. The van der Waals surface area contributed by atoms with Crippen LogP contribution in [0.1, 0.15) is 18.4 Å². The second kappa shape index (κ2) is 5.52. The first-order chi connectivity index (χ1) is 9.85. The number of nitriles is 1. The maximum Gasteiger partial charge on any atom is 0.0998 e. The van der Waals surface area contributed by atoms with Crippen LogP contribution in [0.3, 0.4) is 0 Å². The number of hydrogen-bond acceptors (Lipinski definition) is 3. The highest BCUT2D eigenvalue weighted by Gasteiger charge is 2.29. The molecule has 3 heteroatoms. The molecule has 0 aromatic heterocycles. The van der Waals surface area contributed by atoms with Crippen molar-refractivity contribution in [2.24, 2.45) is 0 Å². The SMILES string of the molecule is COCCN(c1ccc(C#N)c2ccccc12)C1CC1. The van der Waals surface area contributed by atoms with Gasteiger partial charge in [-0.3, -0.25) is 0 Å². The Hall–Kier alpha value is -2.05. The Balaban J connectivity index is 2.08. The van der Waals surface area contributed by atoms with Crippen LogP contribution in [0, 0.1) is 11.3 Å². The molecule has 0 amide bonds. The Morgan fingerprint density at radius 1 is 1.20 bits per heavy atom. The van der Waals surface area contributed by atoms with Crippen molar-refractivity contribution in [3.63, 3.8) is 0 Å². The van der Waals surface area contributed by atoms with E-state index in [1.807, 2.05) is 24.3 Å². The van der Waals surface area contributed by atoms with Crippen molar-refractivity contribution >= 4 is 16.5 Å². The lowest BCUT2D eigenvalue weighted by molar-refractivity contribution is 0.205. The van der Waals surface area contributed by atoms with E-state index < -0.39 is 0 Å². The quantitative estimate of drug-likeness (QED) is 0.833. The smallest absolute Gasteiger partial charge is 0.0998 e. The van der Waals surface area contributed by atoms with E-state index in [1.54, 1.807) is 7.11 Å². The van der Waals surface area contributed by atoms with Crippen molar-refractivity contribution in [1.29, 1.82) is 5.26 Å². The van der Waals surface area contributed by atoms with Crippen LogP contribution in [0.4, 0.5) is 5.69 Å². The molecule has 0 atom stereocenters. The number of nitrogens with zero attached hydrogens (tertiary/aromatic N) is 2. The summed E-state index contributed by atoms with van der Waals surface area (Å²) in [6, 6.07) is 15.1. The van der Waals surface area contributed by atoms with Crippen molar-refractivity contribution in [2.75, 3.05) is 25.2 Å². The Kier molecular flexibility index (Phi) is 3.58. The van der Waals surface area contributed by atoms with Crippen molar-refractivity contribution in [3.8, 4) is 6.07 Å². The van der Waals surface area contributed by atoms with E-state index in [0.29, 0.717) is 6.04 Å². The summed E-state index contributed by atoms with van der Waals surface area (Å²) in [6.07, 6.45) is 2.50. The van der Waals surface area contributed by atoms with E-state index in [0.717, 1.165) is 29.5 Å². The highest BCUT2D eigenvalue weighted by atomic mass is 16.5. The average molecular weight is 266 g/mol. The number of benzene rings is 2. The van der Waals surface area contributed by atoms with Gasteiger partial charge in [0.2, 0.25) is 0 Å². The van der Waals surface area contributed by atoms with Crippen molar-refractivity contribution in [2.45, 2.75) is 18.9 Å². The lowest BCUT2D eigenvalue weighted by Crippen LogP contribution is -2.29. The van der Waals surface area contributed by atoms with Crippen molar-refractivity contribution in [3.05, 3.63) is 42.0 Å². The average Bonchev–Trinajstić information content (AvgIpc) is 3.32. The van der Waals surface area contributed by atoms with Crippen LogP contribution in [0.2, 0.25) is 0 Å². The Morgan fingerprint density at radius 2 is 1.95 bits per heavy atom. The summed E-state index contributed by atoms with van der Waals surface area (Å²) in [4.78, 5) is 2.42.